The molecular weight excluding hydrogens is 240 g/mol. The van der Waals surface area contributed by atoms with Gasteiger partial charge in [-0.05, 0) is 20.3 Å². The monoisotopic (exact) mass is 260 g/mol. The molecule has 6 nitrogen and oxygen atoms in total. The average molecular weight is 260 g/mol. The largest absolute Gasteiger partial charge is 0.481 e. The first-order chi connectivity index (χ1) is 8.29. The predicted molar refractivity (Wildman–Crippen MR) is 62.8 cm³/mol. The highest BCUT2D eigenvalue weighted by molar-refractivity contribution is 5.80. The van der Waals surface area contributed by atoms with Crippen LogP contribution in [0, 0.1) is 11.8 Å². The molecule has 0 rings (SSSR count). The van der Waals surface area contributed by atoms with Crippen LogP contribution in [0.2, 0.25) is 0 Å². The fourth-order valence-corrected chi connectivity index (χ4v) is 1.33. The van der Waals surface area contributed by atoms with Crippen LogP contribution < -0.4 is 0 Å². The Labute approximate surface area is 106 Å². The van der Waals surface area contributed by atoms with E-state index < -0.39 is 35.8 Å². The molecule has 104 valence electrons. The second-order valence-corrected chi connectivity index (χ2v) is 4.21. The van der Waals surface area contributed by atoms with Crippen LogP contribution in [0.25, 0.3) is 0 Å². The van der Waals surface area contributed by atoms with Gasteiger partial charge in [0.15, 0.2) is 6.10 Å². The van der Waals surface area contributed by atoms with Gasteiger partial charge >= 0.3 is 17.9 Å². The average Bonchev–Trinajstić information content (AvgIpc) is 2.28. The molecule has 18 heavy (non-hydrogen) atoms. The first-order valence-electron chi connectivity index (χ1n) is 5.89. The number of rotatable bonds is 7. The van der Waals surface area contributed by atoms with Crippen LogP contribution in [0.1, 0.15) is 34.1 Å². The van der Waals surface area contributed by atoms with E-state index in [4.69, 9.17) is 14.6 Å². The Morgan fingerprint density at radius 2 is 1.61 bits per heavy atom. The molecule has 0 spiro atoms. The summed E-state index contributed by atoms with van der Waals surface area (Å²) >= 11 is 0. The van der Waals surface area contributed by atoms with Gasteiger partial charge in [-0.1, -0.05) is 13.8 Å². The van der Waals surface area contributed by atoms with Crippen molar-refractivity contribution in [2.75, 3.05) is 6.61 Å². The summed E-state index contributed by atoms with van der Waals surface area (Å²) in [5, 5.41) is 8.73. The number of ether oxygens (including phenoxy) is 2. The van der Waals surface area contributed by atoms with Crippen LogP contribution in [0.15, 0.2) is 0 Å². The van der Waals surface area contributed by atoms with Crippen molar-refractivity contribution in [2.45, 2.75) is 40.2 Å². The SMILES string of the molecule is CCOC(=O)C(C)OC(=O)[C@H](C)C[C@@H](C)C(=O)O. The van der Waals surface area contributed by atoms with E-state index in [-0.39, 0.29) is 13.0 Å². The highest BCUT2D eigenvalue weighted by Crippen LogP contribution is 2.14. The lowest BCUT2D eigenvalue weighted by atomic mass is 9.98. The summed E-state index contributed by atoms with van der Waals surface area (Å²) in [5.41, 5.74) is 0. The summed E-state index contributed by atoms with van der Waals surface area (Å²) in [7, 11) is 0. The minimum atomic E-state index is -0.972. The van der Waals surface area contributed by atoms with E-state index >= 15 is 0 Å². The lowest BCUT2D eigenvalue weighted by Gasteiger charge is -2.16. The van der Waals surface area contributed by atoms with Crippen molar-refractivity contribution in [3.8, 4) is 0 Å². The van der Waals surface area contributed by atoms with E-state index in [1.807, 2.05) is 0 Å². The maximum Gasteiger partial charge on any atom is 0.347 e. The van der Waals surface area contributed by atoms with Crippen LogP contribution >= 0.6 is 0 Å². The molecule has 1 N–H and O–H groups in total. The first-order valence-corrected chi connectivity index (χ1v) is 5.89. The Balaban J connectivity index is 4.23. The third-order valence-electron chi connectivity index (χ3n) is 2.44. The van der Waals surface area contributed by atoms with Gasteiger partial charge in [-0.15, -0.1) is 0 Å². The molecule has 0 heterocycles. The molecule has 0 bridgehead atoms. The van der Waals surface area contributed by atoms with Crippen molar-refractivity contribution in [3.63, 3.8) is 0 Å². The highest BCUT2D eigenvalue weighted by atomic mass is 16.6. The smallest absolute Gasteiger partial charge is 0.347 e. The van der Waals surface area contributed by atoms with Crippen molar-refractivity contribution < 1.29 is 29.0 Å². The first kappa shape index (κ1) is 16.4. The second-order valence-electron chi connectivity index (χ2n) is 4.21. The van der Waals surface area contributed by atoms with Crippen molar-refractivity contribution in [1.29, 1.82) is 0 Å². The van der Waals surface area contributed by atoms with Crippen LogP contribution in [-0.2, 0) is 23.9 Å². The van der Waals surface area contributed by atoms with Crippen molar-refractivity contribution in [2.24, 2.45) is 11.8 Å². The standard InChI is InChI=1S/C12H20O6/c1-5-17-12(16)9(4)18-11(15)8(3)6-7(2)10(13)14/h7-9H,5-6H2,1-4H3,(H,13,14)/t7-,8-,9?/m1/s1. The number of hydrogen-bond donors (Lipinski definition) is 1. The molecule has 0 amide bonds. The Morgan fingerprint density at radius 3 is 2.06 bits per heavy atom. The molecular formula is C12H20O6. The van der Waals surface area contributed by atoms with Crippen molar-refractivity contribution in [3.05, 3.63) is 0 Å². The number of hydrogen-bond acceptors (Lipinski definition) is 5. The van der Waals surface area contributed by atoms with Gasteiger partial charge in [0, 0.05) is 0 Å². The topological polar surface area (TPSA) is 89.9 Å². The van der Waals surface area contributed by atoms with Crippen LogP contribution in [0.4, 0.5) is 0 Å². The van der Waals surface area contributed by atoms with Crippen LogP contribution in [-0.4, -0.2) is 35.7 Å². The maximum atomic E-state index is 11.6. The predicted octanol–water partition coefficient (Wildman–Crippen LogP) is 1.23. The Kier molecular flexibility index (Phi) is 7.00. The van der Waals surface area contributed by atoms with Gasteiger partial charge in [-0.3, -0.25) is 9.59 Å². The minimum absolute atomic E-state index is 0.170. The molecule has 1 unspecified atom stereocenters. The van der Waals surface area contributed by atoms with Crippen LogP contribution in [0.5, 0.6) is 0 Å². The number of carbonyl (C=O) groups excluding carboxylic acids is 2. The van der Waals surface area contributed by atoms with Gasteiger partial charge < -0.3 is 14.6 Å². The summed E-state index contributed by atoms with van der Waals surface area (Å²) in [6.45, 7) is 6.37. The zero-order valence-electron chi connectivity index (χ0n) is 11.1. The van der Waals surface area contributed by atoms with E-state index in [9.17, 15) is 14.4 Å². The molecule has 3 atom stereocenters. The molecule has 0 aromatic heterocycles. The lowest BCUT2D eigenvalue weighted by molar-refractivity contribution is -0.169. The quantitative estimate of drug-likeness (QED) is 0.692. The third-order valence-corrected chi connectivity index (χ3v) is 2.44. The van der Waals surface area contributed by atoms with Gasteiger partial charge in [-0.25, -0.2) is 4.79 Å². The van der Waals surface area contributed by atoms with Crippen LogP contribution in [0.3, 0.4) is 0 Å². The van der Waals surface area contributed by atoms with Gasteiger partial charge in [0.25, 0.3) is 0 Å². The summed E-state index contributed by atoms with van der Waals surface area (Å²) < 4.78 is 9.59. The van der Waals surface area contributed by atoms with E-state index in [1.165, 1.54) is 13.8 Å². The third kappa shape index (κ3) is 5.65. The zero-order valence-corrected chi connectivity index (χ0v) is 11.1. The second kappa shape index (κ2) is 7.68. The van der Waals surface area contributed by atoms with Gasteiger partial charge in [-0.2, -0.15) is 0 Å². The summed E-state index contributed by atoms with van der Waals surface area (Å²) in [5.74, 6) is -3.38. The molecule has 0 aromatic carbocycles. The Morgan fingerprint density at radius 1 is 1.06 bits per heavy atom. The fourth-order valence-electron chi connectivity index (χ4n) is 1.33. The van der Waals surface area contributed by atoms with E-state index in [0.717, 1.165) is 0 Å². The number of esters is 2. The van der Waals surface area contributed by atoms with E-state index in [1.54, 1.807) is 13.8 Å². The number of carbonyl (C=O) groups is 3. The molecule has 0 aliphatic carbocycles. The minimum Gasteiger partial charge on any atom is -0.481 e. The lowest BCUT2D eigenvalue weighted by Crippen LogP contribution is -2.30. The maximum absolute atomic E-state index is 11.6. The molecule has 6 heteroatoms. The van der Waals surface area contributed by atoms with Gasteiger partial charge in [0.2, 0.25) is 0 Å². The Hall–Kier alpha value is -1.59. The molecule has 0 saturated carbocycles. The molecule has 0 fully saturated rings. The Bertz CT molecular complexity index is 312. The zero-order chi connectivity index (χ0) is 14.3. The summed E-state index contributed by atoms with van der Waals surface area (Å²) in [6, 6.07) is 0. The number of carboxylic acids is 1. The summed E-state index contributed by atoms with van der Waals surface area (Å²) in [6.07, 6.45) is -0.802. The van der Waals surface area contributed by atoms with Gasteiger partial charge in [0.1, 0.15) is 0 Å². The number of carboxylic acid groups (broad SMARTS) is 1. The normalized spacial score (nSPS) is 15.3. The fraction of sp³-hybridized carbons (Fsp3) is 0.750. The molecule has 0 aromatic rings. The summed E-state index contributed by atoms with van der Waals surface area (Å²) in [4.78, 5) is 33.5. The molecule has 0 saturated heterocycles. The molecule has 0 aliphatic rings. The molecule has 0 radical (unpaired) electrons. The van der Waals surface area contributed by atoms with Crippen molar-refractivity contribution in [1.82, 2.24) is 0 Å². The molecule has 0 aliphatic heterocycles. The van der Waals surface area contributed by atoms with Crippen molar-refractivity contribution >= 4 is 17.9 Å². The van der Waals surface area contributed by atoms with E-state index in [2.05, 4.69) is 0 Å². The van der Waals surface area contributed by atoms with Gasteiger partial charge in [0.05, 0.1) is 18.4 Å². The number of aliphatic carboxylic acids is 1. The highest BCUT2D eigenvalue weighted by Gasteiger charge is 2.25. The van der Waals surface area contributed by atoms with E-state index in [0.29, 0.717) is 0 Å².